The van der Waals surface area contributed by atoms with E-state index in [1.807, 2.05) is 0 Å². The number of aliphatic hydroxyl groups excluding tert-OH is 1. The van der Waals surface area contributed by atoms with Gasteiger partial charge in [0.2, 0.25) is 0 Å². The highest BCUT2D eigenvalue weighted by atomic mass is 19.4. The van der Waals surface area contributed by atoms with Crippen molar-refractivity contribution in [1.29, 1.82) is 0 Å². The van der Waals surface area contributed by atoms with E-state index in [9.17, 15) is 13.2 Å². The van der Waals surface area contributed by atoms with Crippen molar-refractivity contribution in [3.63, 3.8) is 0 Å². The molecule has 1 aromatic carbocycles. The van der Waals surface area contributed by atoms with Crippen LogP contribution in [0.4, 0.5) is 13.2 Å². The number of rotatable bonds is 3. The Labute approximate surface area is 89.1 Å². The fourth-order valence-electron chi connectivity index (χ4n) is 1.14. The molecule has 90 valence electrons. The van der Waals surface area contributed by atoms with Gasteiger partial charge in [-0.2, -0.15) is 0 Å². The number of alkyl halides is 3. The third-order valence-corrected chi connectivity index (χ3v) is 1.82. The quantitative estimate of drug-likeness (QED) is 0.740. The number of aliphatic hydroxyl groups is 1. The molecule has 16 heavy (non-hydrogen) atoms. The Kier molecular flexibility index (Phi) is 3.61. The lowest BCUT2D eigenvalue weighted by Crippen LogP contribution is -2.21. The van der Waals surface area contributed by atoms with Crippen LogP contribution in [0, 0.1) is 0 Å². The molecular weight excluding hydrogens is 227 g/mol. The normalized spacial score (nSPS) is 13.6. The summed E-state index contributed by atoms with van der Waals surface area (Å²) in [7, 11) is 0. The molecule has 0 radical (unpaired) electrons. The molecule has 0 amide bonds. The second kappa shape index (κ2) is 4.58. The molecule has 0 heterocycles. The van der Waals surface area contributed by atoms with Gasteiger partial charge in [-0.15, -0.1) is 13.2 Å². The first-order valence-electron chi connectivity index (χ1n) is 4.28. The fraction of sp³-hybridized carbons (Fsp3) is 0.333. The second-order valence-electron chi connectivity index (χ2n) is 3.06. The van der Waals surface area contributed by atoms with Crippen molar-refractivity contribution >= 4 is 0 Å². The first kappa shape index (κ1) is 12.6. The third-order valence-electron chi connectivity index (χ3n) is 1.82. The zero-order valence-corrected chi connectivity index (χ0v) is 8.03. The highest BCUT2D eigenvalue weighted by Gasteiger charge is 2.32. The summed E-state index contributed by atoms with van der Waals surface area (Å²) in [4.78, 5) is 0. The molecule has 0 aliphatic carbocycles. The van der Waals surface area contributed by atoms with Gasteiger partial charge in [0, 0.05) is 5.56 Å². The van der Waals surface area contributed by atoms with E-state index >= 15 is 0 Å². The number of hydrogen-bond donors (Lipinski definition) is 3. The minimum Gasteiger partial charge on any atom is -0.508 e. The standard InChI is InChI=1S/C9H10F3NO3/c10-9(11,12)16-8-2-1-5(15)3-6(8)7(13)4-14/h1-3,7,14-15H,4,13H2/t7-/m0/s1. The minimum absolute atomic E-state index is 0.111. The van der Waals surface area contributed by atoms with E-state index in [4.69, 9.17) is 15.9 Å². The number of halogens is 3. The second-order valence-corrected chi connectivity index (χ2v) is 3.06. The van der Waals surface area contributed by atoms with Crippen LogP contribution >= 0.6 is 0 Å². The lowest BCUT2D eigenvalue weighted by molar-refractivity contribution is -0.275. The number of nitrogens with two attached hydrogens (primary N) is 1. The third kappa shape index (κ3) is 3.28. The van der Waals surface area contributed by atoms with Crippen molar-refractivity contribution in [3.8, 4) is 11.5 Å². The molecule has 7 heteroatoms. The summed E-state index contributed by atoms with van der Waals surface area (Å²) in [5, 5.41) is 17.9. The molecule has 1 aromatic rings. The molecule has 0 aliphatic heterocycles. The van der Waals surface area contributed by atoms with E-state index in [2.05, 4.69) is 4.74 Å². The van der Waals surface area contributed by atoms with Gasteiger partial charge in [0.05, 0.1) is 12.6 Å². The van der Waals surface area contributed by atoms with Crippen molar-refractivity contribution in [2.45, 2.75) is 12.4 Å². The fourth-order valence-corrected chi connectivity index (χ4v) is 1.14. The molecule has 4 N–H and O–H groups in total. The Morgan fingerprint density at radius 1 is 1.38 bits per heavy atom. The molecule has 0 fully saturated rings. The maximum atomic E-state index is 12.0. The summed E-state index contributed by atoms with van der Waals surface area (Å²) >= 11 is 0. The van der Waals surface area contributed by atoms with Crippen LogP contribution in [0.2, 0.25) is 0 Å². The molecule has 4 nitrogen and oxygen atoms in total. The average Bonchev–Trinajstić information content (AvgIpc) is 2.17. The number of benzene rings is 1. The number of ether oxygens (including phenoxy) is 1. The van der Waals surface area contributed by atoms with Crippen LogP contribution in [0.3, 0.4) is 0 Å². The summed E-state index contributed by atoms with van der Waals surface area (Å²) in [5.41, 5.74) is 5.26. The molecule has 0 saturated heterocycles. The minimum atomic E-state index is -4.85. The predicted octanol–water partition coefficient (Wildman–Crippen LogP) is 1.28. The van der Waals surface area contributed by atoms with E-state index < -0.39 is 24.8 Å². The number of hydrogen-bond acceptors (Lipinski definition) is 4. The summed E-state index contributed by atoms with van der Waals surface area (Å²) in [6.45, 7) is -0.558. The van der Waals surface area contributed by atoms with Crippen LogP contribution < -0.4 is 10.5 Å². The number of phenolic OH excluding ortho intramolecular Hbond substituents is 1. The molecule has 1 atom stereocenters. The summed E-state index contributed by atoms with van der Waals surface area (Å²) in [5.74, 6) is -0.791. The lowest BCUT2D eigenvalue weighted by atomic mass is 10.1. The van der Waals surface area contributed by atoms with Gasteiger partial charge in [-0.1, -0.05) is 0 Å². The molecule has 0 saturated carbocycles. The lowest BCUT2D eigenvalue weighted by Gasteiger charge is -2.16. The van der Waals surface area contributed by atoms with Crippen molar-refractivity contribution in [3.05, 3.63) is 23.8 Å². The smallest absolute Gasteiger partial charge is 0.508 e. The summed E-state index contributed by atoms with van der Waals surface area (Å²) in [6.07, 6.45) is -4.85. The van der Waals surface area contributed by atoms with Gasteiger partial charge < -0.3 is 20.7 Å². The van der Waals surface area contributed by atoms with E-state index in [0.29, 0.717) is 0 Å². The van der Waals surface area contributed by atoms with Crippen LogP contribution in [0.1, 0.15) is 11.6 Å². The largest absolute Gasteiger partial charge is 0.573 e. The van der Waals surface area contributed by atoms with Gasteiger partial charge in [0.25, 0.3) is 0 Å². The first-order valence-corrected chi connectivity index (χ1v) is 4.28. The average molecular weight is 237 g/mol. The predicted molar refractivity (Wildman–Crippen MR) is 48.8 cm³/mol. The molecule has 0 bridgehead atoms. The molecule has 0 unspecified atom stereocenters. The molecular formula is C9H10F3NO3. The van der Waals surface area contributed by atoms with Crippen molar-refractivity contribution < 1.29 is 28.1 Å². The van der Waals surface area contributed by atoms with Gasteiger partial charge in [0.15, 0.2) is 0 Å². The Morgan fingerprint density at radius 3 is 2.50 bits per heavy atom. The number of phenols is 1. The first-order chi connectivity index (χ1) is 7.33. The highest BCUT2D eigenvalue weighted by Crippen LogP contribution is 2.31. The van der Waals surface area contributed by atoms with E-state index in [1.54, 1.807) is 0 Å². The molecule has 0 aliphatic rings. The van der Waals surface area contributed by atoms with E-state index in [-0.39, 0.29) is 11.3 Å². The van der Waals surface area contributed by atoms with Gasteiger partial charge in [-0.3, -0.25) is 0 Å². The molecule has 1 rings (SSSR count). The van der Waals surface area contributed by atoms with Crippen LogP contribution in [0.5, 0.6) is 11.5 Å². The molecule has 0 aromatic heterocycles. The number of aromatic hydroxyl groups is 1. The highest BCUT2D eigenvalue weighted by molar-refractivity contribution is 5.41. The van der Waals surface area contributed by atoms with Crippen LogP contribution in [-0.4, -0.2) is 23.2 Å². The monoisotopic (exact) mass is 237 g/mol. The van der Waals surface area contributed by atoms with Crippen LogP contribution in [0.25, 0.3) is 0 Å². The topological polar surface area (TPSA) is 75.7 Å². The Balaban J connectivity index is 3.07. The van der Waals surface area contributed by atoms with Crippen LogP contribution in [0.15, 0.2) is 18.2 Å². The summed E-state index contributed by atoms with van der Waals surface area (Å²) < 4.78 is 39.7. The van der Waals surface area contributed by atoms with Crippen LogP contribution in [-0.2, 0) is 0 Å². The maximum absolute atomic E-state index is 12.0. The maximum Gasteiger partial charge on any atom is 0.573 e. The van der Waals surface area contributed by atoms with E-state index in [1.165, 1.54) is 0 Å². The zero-order chi connectivity index (χ0) is 12.3. The van der Waals surface area contributed by atoms with Crippen molar-refractivity contribution in [1.82, 2.24) is 0 Å². The summed E-state index contributed by atoms with van der Waals surface area (Å²) in [6, 6.07) is 1.94. The molecule has 0 spiro atoms. The SMILES string of the molecule is N[C@@H](CO)c1cc(O)ccc1OC(F)(F)F. The van der Waals surface area contributed by atoms with Gasteiger partial charge >= 0.3 is 6.36 Å². The van der Waals surface area contributed by atoms with E-state index in [0.717, 1.165) is 18.2 Å². The Hall–Kier alpha value is -1.47. The van der Waals surface area contributed by atoms with Crippen molar-refractivity contribution in [2.24, 2.45) is 5.73 Å². The van der Waals surface area contributed by atoms with Gasteiger partial charge in [-0.25, -0.2) is 0 Å². The van der Waals surface area contributed by atoms with Crippen molar-refractivity contribution in [2.75, 3.05) is 6.61 Å². The van der Waals surface area contributed by atoms with Gasteiger partial charge in [0.1, 0.15) is 11.5 Å². The van der Waals surface area contributed by atoms with Gasteiger partial charge in [-0.05, 0) is 18.2 Å². The Morgan fingerprint density at radius 2 is 2.00 bits per heavy atom. The Bertz CT molecular complexity index is 368. The zero-order valence-electron chi connectivity index (χ0n) is 8.03.